The summed E-state index contributed by atoms with van der Waals surface area (Å²) >= 11 is 0. The molecule has 6 heteroatoms. The second-order valence-electron chi connectivity index (χ2n) is 7.04. The fourth-order valence-electron chi connectivity index (χ4n) is 3.24. The Morgan fingerprint density at radius 1 is 0.636 bits per heavy atom. The van der Waals surface area contributed by atoms with Gasteiger partial charge in [-0.15, -0.1) is 0 Å². The third kappa shape index (κ3) is 5.02. The van der Waals surface area contributed by atoms with Crippen LogP contribution in [0.2, 0.25) is 0 Å². The molecule has 0 aliphatic rings. The van der Waals surface area contributed by atoms with Gasteiger partial charge in [-0.3, -0.25) is 0 Å². The molecule has 0 nitrogen and oxygen atoms in total. The highest BCUT2D eigenvalue weighted by atomic mass is 19.4. The zero-order valence-corrected chi connectivity index (χ0v) is 16.7. The summed E-state index contributed by atoms with van der Waals surface area (Å²) in [6.45, 7) is 0. The summed E-state index contributed by atoms with van der Waals surface area (Å²) in [6, 6.07) is 18.4. The van der Waals surface area contributed by atoms with E-state index in [9.17, 15) is 26.3 Å². The molecule has 4 aromatic rings. The molecule has 0 radical (unpaired) electrons. The lowest BCUT2D eigenvalue weighted by molar-refractivity contribution is -0.0696. The molecule has 33 heavy (non-hydrogen) atoms. The fraction of sp³-hybridized carbons (Fsp3) is 0.0370. The predicted octanol–water partition coefficient (Wildman–Crippen LogP) is 7.24. The molecule has 0 bridgehead atoms. The first-order valence-electron chi connectivity index (χ1n) is 9.60. The highest BCUT2D eigenvalue weighted by Gasteiger charge is 2.24. The normalized spacial score (nSPS) is 10.8. The third-order valence-electron chi connectivity index (χ3n) is 4.76. The van der Waals surface area contributed by atoms with Crippen LogP contribution < -0.4 is 0 Å². The third-order valence-corrected chi connectivity index (χ3v) is 4.76. The first-order valence-corrected chi connectivity index (χ1v) is 9.60. The maximum Gasteiger partial charge on any atom is 0.458 e. The summed E-state index contributed by atoms with van der Waals surface area (Å²) in [4.78, 5) is 0. The van der Waals surface area contributed by atoms with Gasteiger partial charge < -0.3 is 0 Å². The predicted molar refractivity (Wildman–Crippen MR) is 115 cm³/mol. The average molecular weight is 450 g/mol. The number of halogens is 6. The minimum atomic E-state index is -4.88. The maximum atomic E-state index is 14.8. The van der Waals surface area contributed by atoms with Gasteiger partial charge in [0.05, 0.1) is 5.56 Å². The van der Waals surface area contributed by atoms with Gasteiger partial charge in [0.15, 0.2) is 0 Å². The molecule has 4 rings (SSSR count). The molecular formula is C27H12F6. The van der Waals surface area contributed by atoms with E-state index in [1.54, 1.807) is 6.07 Å². The maximum absolute atomic E-state index is 14.8. The van der Waals surface area contributed by atoms with Gasteiger partial charge in [-0.25, -0.2) is 13.2 Å². The van der Waals surface area contributed by atoms with Gasteiger partial charge in [0.2, 0.25) is 0 Å². The van der Waals surface area contributed by atoms with E-state index in [-0.39, 0.29) is 16.3 Å². The van der Waals surface area contributed by atoms with Gasteiger partial charge in [0.25, 0.3) is 0 Å². The number of hydrogen-bond acceptors (Lipinski definition) is 0. The molecule has 0 aliphatic carbocycles. The zero-order valence-electron chi connectivity index (χ0n) is 16.7. The van der Waals surface area contributed by atoms with Crippen molar-refractivity contribution in [2.75, 3.05) is 0 Å². The monoisotopic (exact) mass is 450 g/mol. The van der Waals surface area contributed by atoms with Crippen molar-refractivity contribution in [3.05, 3.63) is 107 Å². The van der Waals surface area contributed by atoms with Crippen LogP contribution in [-0.2, 0) is 0 Å². The molecule has 0 aromatic heterocycles. The van der Waals surface area contributed by atoms with Crippen LogP contribution in [0.3, 0.4) is 0 Å². The van der Waals surface area contributed by atoms with Crippen molar-refractivity contribution in [2.45, 2.75) is 6.18 Å². The number of rotatable bonds is 1. The molecule has 0 amide bonds. The molecule has 0 saturated carbocycles. The van der Waals surface area contributed by atoms with E-state index in [0.29, 0.717) is 11.1 Å². The van der Waals surface area contributed by atoms with E-state index >= 15 is 0 Å². The number of fused-ring (bicyclic) bond motifs is 1. The quantitative estimate of drug-likeness (QED) is 0.212. The Hall–Kier alpha value is -4.16. The van der Waals surface area contributed by atoms with E-state index in [0.717, 1.165) is 17.6 Å². The van der Waals surface area contributed by atoms with E-state index in [1.807, 2.05) is 30.3 Å². The molecule has 0 N–H and O–H groups in total. The summed E-state index contributed by atoms with van der Waals surface area (Å²) in [5.41, 5.74) is 0.783. The van der Waals surface area contributed by atoms with Crippen molar-refractivity contribution in [2.24, 2.45) is 0 Å². The molecule has 162 valence electrons. The summed E-state index contributed by atoms with van der Waals surface area (Å²) in [6.07, 6.45) is -4.88. The summed E-state index contributed by atoms with van der Waals surface area (Å²) in [5.74, 6) is 5.14. The highest BCUT2D eigenvalue weighted by Crippen LogP contribution is 2.30. The van der Waals surface area contributed by atoms with Gasteiger partial charge in [-0.2, -0.15) is 13.2 Å². The molecule has 0 heterocycles. The summed E-state index contributed by atoms with van der Waals surface area (Å²) in [7, 11) is 0. The van der Waals surface area contributed by atoms with Crippen molar-refractivity contribution in [3.8, 4) is 34.8 Å². The van der Waals surface area contributed by atoms with Gasteiger partial charge in [-0.05, 0) is 47.3 Å². The summed E-state index contributed by atoms with van der Waals surface area (Å²) in [5, 5.41) is -0.0650. The molecule has 0 saturated heterocycles. The van der Waals surface area contributed by atoms with E-state index < -0.39 is 29.2 Å². The summed E-state index contributed by atoms with van der Waals surface area (Å²) < 4.78 is 80.5. The van der Waals surface area contributed by atoms with E-state index in [1.165, 1.54) is 36.3 Å². The Kier molecular flexibility index (Phi) is 5.85. The zero-order chi connectivity index (χ0) is 23.6. The fourth-order valence-corrected chi connectivity index (χ4v) is 3.24. The first-order chi connectivity index (χ1) is 15.7. The van der Waals surface area contributed by atoms with Crippen LogP contribution in [0.15, 0.2) is 72.8 Å². The lowest BCUT2D eigenvalue weighted by atomic mass is 9.98. The molecular weight excluding hydrogens is 438 g/mol. The Morgan fingerprint density at radius 2 is 1.36 bits per heavy atom. The van der Waals surface area contributed by atoms with Crippen LogP contribution in [0.1, 0.15) is 16.7 Å². The van der Waals surface area contributed by atoms with Gasteiger partial charge in [-0.1, -0.05) is 54.2 Å². The van der Waals surface area contributed by atoms with Crippen molar-refractivity contribution in [1.82, 2.24) is 0 Å². The Labute approximate surface area is 185 Å². The van der Waals surface area contributed by atoms with Crippen LogP contribution in [-0.4, -0.2) is 6.18 Å². The first kappa shape index (κ1) is 22.0. The smallest absolute Gasteiger partial charge is 0.206 e. The lowest BCUT2D eigenvalue weighted by Crippen LogP contribution is -2.02. The van der Waals surface area contributed by atoms with Crippen molar-refractivity contribution in [3.63, 3.8) is 0 Å². The van der Waals surface area contributed by atoms with Crippen LogP contribution in [0.5, 0.6) is 0 Å². The Balaban J connectivity index is 1.70. The second-order valence-corrected chi connectivity index (χ2v) is 7.04. The Bertz CT molecular complexity index is 1480. The van der Waals surface area contributed by atoms with Crippen molar-refractivity contribution in [1.29, 1.82) is 0 Å². The number of alkyl halides is 3. The standard InChI is InChI=1S/C27H12F6/c28-24-14-18(7-6-17-4-2-1-3-5-17)8-10-21(24)19-9-11-22-20(15-19)16-25(29)23(26(22)30)12-13-27(31,32)33/h1-5,8-11,14-16H. The number of hydrogen-bond donors (Lipinski definition) is 0. The molecule has 4 aromatic carbocycles. The second kappa shape index (κ2) is 8.76. The Morgan fingerprint density at radius 3 is 2.06 bits per heavy atom. The molecule has 0 spiro atoms. The topological polar surface area (TPSA) is 0 Å². The number of benzene rings is 4. The average Bonchev–Trinajstić information content (AvgIpc) is 2.77. The van der Waals surface area contributed by atoms with Crippen LogP contribution in [0, 0.1) is 41.1 Å². The van der Waals surface area contributed by atoms with E-state index in [4.69, 9.17) is 0 Å². The molecule has 0 atom stereocenters. The molecule has 0 fully saturated rings. The highest BCUT2D eigenvalue weighted by molar-refractivity contribution is 5.89. The van der Waals surface area contributed by atoms with Crippen molar-refractivity contribution < 1.29 is 26.3 Å². The van der Waals surface area contributed by atoms with E-state index in [2.05, 4.69) is 11.8 Å². The van der Waals surface area contributed by atoms with Gasteiger partial charge in [0.1, 0.15) is 17.5 Å². The minimum Gasteiger partial charge on any atom is -0.206 e. The van der Waals surface area contributed by atoms with Gasteiger partial charge in [0, 0.05) is 28.0 Å². The van der Waals surface area contributed by atoms with Crippen molar-refractivity contribution >= 4 is 10.8 Å². The molecule has 0 unspecified atom stereocenters. The van der Waals surface area contributed by atoms with Gasteiger partial charge >= 0.3 is 6.18 Å². The SMILES string of the molecule is Fc1cc(C#Cc2ccccc2)ccc1-c1ccc2c(F)c(C#CC(F)(F)F)c(F)cc2c1. The van der Waals surface area contributed by atoms with Crippen LogP contribution >= 0.6 is 0 Å². The lowest BCUT2D eigenvalue weighted by Gasteiger charge is -2.08. The van der Waals surface area contributed by atoms with Crippen LogP contribution in [0.4, 0.5) is 26.3 Å². The largest absolute Gasteiger partial charge is 0.458 e. The minimum absolute atomic E-state index is 0.0624. The van der Waals surface area contributed by atoms with Crippen LogP contribution in [0.25, 0.3) is 21.9 Å². The molecule has 0 aliphatic heterocycles.